The molecule has 4 atom stereocenters. The third-order valence-electron chi connectivity index (χ3n) is 5.61. The summed E-state index contributed by atoms with van der Waals surface area (Å²) >= 11 is -0.949. The molecule has 2 aromatic carbocycles. The van der Waals surface area contributed by atoms with Crippen LogP contribution in [0.1, 0.15) is 17.9 Å². The van der Waals surface area contributed by atoms with Crippen molar-refractivity contribution in [1.29, 1.82) is 0 Å². The minimum absolute atomic E-state index is 0.0232. The van der Waals surface area contributed by atoms with Crippen LogP contribution in [0.25, 0.3) is 11.1 Å². The second-order valence-electron chi connectivity index (χ2n) is 7.78. The van der Waals surface area contributed by atoms with Crippen molar-refractivity contribution in [2.45, 2.75) is 18.4 Å². The van der Waals surface area contributed by atoms with Crippen molar-refractivity contribution < 1.29 is 22.9 Å². The summed E-state index contributed by atoms with van der Waals surface area (Å²) in [5.74, 6) is -1.47. The molecule has 1 saturated heterocycles. The maximum Gasteiger partial charge on any atom is 0.231 e. The number of ether oxygens (including phenoxy) is 1. The maximum atomic E-state index is 14.4. The molecule has 2 aliphatic rings. The molecule has 2 fully saturated rings. The van der Waals surface area contributed by atoms with Crippen molar-refractivity contribution in [3.63, 3.8) is 0 Å². The first-order valence-corrected chi connectivity index (χ1v) is 11.6. The quantitative estimate of drug-likeness (QED) is 0.709. The van der Waals surface area contributed by atoms with Gasteiger partial charge in [-0.2, -0.15) is 4.55 Å². The van der Waals surface area contributed by atoms with Crippen molar-refractivity contribution in [2.75, 3.05) is 32.6 Å². The Bertz CT molecular complexity index is 907. The molecule has 0 radical (unpaired) electrons. The van der Waals surface area contributed by atoms with E-state index < -0.39 is 23.0 Å². The van der Waals surface area contributed by atoms with E-state index in [4.69, 9.17) is 4.74 Å². The van der Waals surface area contributed by atoms with Gasteiger partial charge in [0.25, 0.3) is 0 Å². The molecule has 0 bridgehead atoms. The Morgan fingerprint density at radius 3 is 2.67 bits per heavy atom. The van der Waals surface area contributed by atoms with E-state index in [0.717, 1.165) is 5.56 Å². The van der Waals surface area contributed by atoms with Gasteiger partial charge in [-0.05, 0) is 35.6 Å². The van der Waals surface area contributed by atoms with Gasteiger partial charge in [0.05, 0.1) is 24.8 Å². The number of carbonyl (C=O) groups excluding carboxylic acids is 1. The molecule has 1 aliphatic heterocycles. The highest BCUT2D eigenvalue weighted by Gasteiger charge is 2.47. The Morgan fingerprint density at radius 1 is 1.20 bits per heavy atom. The fraction of sp³-hybridized carbons (Fsp3) is 0.409. The number of nitrogens with zero attached hydrogens (tertiary/aromatic N) is 1. The predicted octanol–water partition coefficient (Wildman–Crippen LogP) is 3.19. The highest BCUT2D eigenvalue weighted by molar-refractivity contribution is 7.88. The van der Waals surface area contributed by atoms with Gasteiger partial charge in [-0.25, -0.2) is 8.78 Å². The minimum Gasteiger partial charge on any atom is -0.378 e. The van der Waals surface area contributed by atoms with Crippen molar-refractivity contribution >= 4 is 17.3 Å². The molecule has 1 aliphatic carbocycles. The molecule has 0 aromatic heterocycles. The average molecular weight is 436 g/mol. The van der Waals surface area contributed by atoms with Crippen molar-refractivity contribution in [2.24, 2.45) is 5.92 Å². The zero-order valence-corrected chi connectivity index (χ0v) is 17.5. The van der Waals surface area contributed by atoms with Crippen LogP contribution in [0.3, 0.4) is 0 Å². The summed E-state index contributed by atoms with van der Waals surface area (Å²) in [6.45, 7) is 1.84. The zero-order valence-electron chi connectivity index (χ0n) is 16.7. The molecule has 2 N–H and O–H groups in total. The van der Waals surface area contributed by atoms with E-state index >= 15 is 0 Å². The lowest BCUT2D eigenvalue weighted by Crippen LogP contribution is -2.46. The van der Waals surface area contributed by atoms with Crippen LogP contribution >= 0.6 is 0 Å². The molecule has 0 spiro atoms. The van der Waals surface area contributed by atoms with E-state index in [1.807, 2.05) is 12.1 Å². The second kappa shape index (κ2) is 9.01. The third-order valence-corrected chi connectivity index (χ3v) is 6.29. The monoisotopic (exact) mass is 435 g/mol. The number of carbonyl (C=O) groups is 1. The molecule has 160 valence electrons. The molecule has 4 rings (SSSR count). The highest BCUT2D eigenvalue weighted by Crippen LogP contribution is 2.51. The van der Waals surface area contributed by atoms with Crippen molar-refractivity contribution in [3.8, 4) is 11.1 Å². The number of halogens is 2. The van der Waals surface area contributed by atoms with E-state index in [0.29, 0.717) is 38.3 Å². The summed E-state index contributed by atoms with van der Waals surface area (Å²) in [6.07, 6.45) is 2.31. The Kier molecular flexibility index (Phi) is 6.38. The fourth-order valence-corrected chi connectivity index (χ4v) is 4.80. The molecule has 1 saturated carbocycles. The maximum absolute atomic E-state index is 14.4. The minimum atomic E-state index is -0.949. The van der Waals surface area contributed by atoms with E-state index in [1.54, 1.807) is 23.3 Å². The number of benzene rings is 2. The van der Waals surface area contributed by atoms with Gasteiger partial charge < -0.3 is 9.64 Å². The van der Waals surface area contributed by atoms with E-state index in [9.17, 15) is 18.1 Å². The number of rotatable bonds is 5. The van der Waals surface area contributed by atoms with Crippen LogP contribution in [0.4, 0.5) is 8.78 Å². The van der Waals surface area contributed by atoms with Crippen LogP contribution < -0.4 is 4.72 Å². The summed E-state index contributed by atoms with van der Waals surface area (Å²) in [5.41, 5.74) is 1.25. The number of amides is 1. The first-order chi connectivity index (χ1) is 14.5. The number of hydrogen-bond donors (Lipinski definition) is 2. The van der Waals surface area contributed by atoms with E-state index in [-0.39, 0.29) is 29.3 Å². The van der Waals surface area contributed by atoms with Crippen LogP contribution in [-0.2, 0) is 20.9 Å². The van der Waals surface area contributed by atoms with Gasteiger partial charge >= 0.3 is 0 Å². The van der Waals surface area contributed by atoms with E-state index in [2.05, 4.69) is 4.72 Å². The smallest absolute Gasteiger partial charge is 0.231 e. The van der Waals surface area contributed by atoms with Gasteiger partial charge in [0, 0.05) is 19.0 Å². The SMILES string of the molecule is C[S+](O)NC1COCCN(C(=O)[C@@H]2C[C@H]2c2ccccc2-c2c(F)cccc2F)C1. The molecular weight excluding hydrogens is 410 g/mol. The van der Waals surface area contributed by atoms with Gasteiger partial charge in [-0.15, -0.1) is 4.72 Å². The molecule has 2 unspecified atom stereocenters. The van der Waals surface area contributed by atoms with Gasteiger partial charge in [-0.1, -0.05) is 30.3 Å². The molecule has 1 heterocycles. The fourth-order valence-electron chi connectivity index (χ4n) is 4.17. The van der Waals surface area contributed by atoms with E-state index in [1.165, 1.54) is 18.2 Å². The molecule has 1 amide bonds. The Morgan fingerprint density at radius 2 is 1.93 bits per heavy atom. The predicted molar refractivity (Wildman–Crippen MR) is 113 cm³/mol. The summed E-state index contributed by atoms with van der Waals surface area (Å²) < 4.78 is 47.0. The third kappa shape index (κ3) is 4.51. The Labute approximate surface area is 177 Å². The summed E-state index contributed by atoms with van der Waals surface area (Å²) in [5, 5.41) is 0. The summed E-state index contributed by atoms with van der Waals surface area (Å²) in [4.78, 5) is 14.9. The molecule has 2 aromatic rings. The van der Waals surface area contributed by atoms with Gasteiger partial charge in [0.2, 0.25) is 17.3 Å². The van der Waals surface area contributed by atoms with Crippen molar-refractivity contribution in [1.82, 2.24) is 9.62 Å². The molecular formula is C22H25F2N2O3S+. The largest absolute Gasteiger partial charge is 0.378 e. The number of hydrogen-bond acceptors (Lipinski definition) is 4. The van der Waals surface area contributed by atoms with Gasteiger partial charge in [0.15, 0.2) is 6.26 Å². The lowest BCUT2D eigenvalue weighted by Gasteiger charge is -2.23. The Balaban J connectivity index is 1.53. The van der Waals surface area contributed by atoms with Crippen LogP contribution in [0.15, 0.2) is 42.5 Å². The van der Waals surface area contributed by atoms with Gasteiger partial charge in [-0.3, -0.25) is 4.79 Å². The van der Waals surface area contributed by atoms with Crippen LogP contribution in [0.2, 0.25) is 0 Å². The van der Waals surface area contributed by atoms with Crippen LogP contribution in [0, 0.1) is 17.6 Å². The molecule has 5 nitrogen and oxygen atoms in total. The van der Waals surface area contributed by atoms with Crippen LogP contribution in [0.5, 0.6) is 0 Å². The summed E-state index contributed by atoms with van der Waals surface area (Å²) in [6, 6.07) is 10.9. The molecule has 30 heavy (non-hydrogen) atoms. The average Bonchev–Trinajstić information content (AvgIpc) is 3.52. The lowest BCUT2D eigenvalue weighted by atomic mass is 9.95. The van der Waals surface area contributed by atoms with Crippen molar-refractivity contribution in [3.05, 3.63) is 59.7 Å². The summed E-state index contributed by atoms with van der Waals surface area (Å²) in [7, 11) is 0. The highest BCUT2D eigenvalue weighted by atomic mass is 32.2. The zero-order chi connectivity index (χ0) is 21.3. The lowest BCUT2D eigenvalue weighted by molar-refractivity contribution is -0.132. The first kappa shape index (κ1) is 21.2. The normalized spacial score (nSPS) is 24.9. The molecule has 8 heteroatoms. The second-order valence-corrected chi connectivity index (χ2v) is 8.98. The first-order valence-electron chi connectivity index (χ1n) is 9.96. The number of nitrogens with one attached hydrogen (secondary N) is 1. The Hall–Kier alpha value is -2.00. The van der Waals surface area contributed by atoms with Crippen LogP contribution in [-0.4, -0.2) is 54.0 Å². The standard InChI is InChI=1S/C22H25F2N2O3S/c1-30(28)25-14-12-26(9-10-29-13-14)22(27)18-11-17(18)15-5-2-3-6-16(15)21-19(23)7-4-8-20(21)24/h2-8,14,17-18,25,28H,9-13H2,1H3/q+1/t14?,17-,18+,30?/m0/s1. The topological polar surface area (TPSA) is 61.8 Å². The van der Waals surface area contributed by atoms with Gasteiger partial charge in [0.1, 0.15) is 11.6 Å².